The van der Waals surface area contributed by atoms with E-state index in [2.05, 4.69) is 16.6 Å². The molecule has 1 aliphatic heterocycles. The van der Waals surface area contributed by atoms with Crippen molar-refractivity contribution in [1.29, 1.82) is 0 Å². The van der Waals surface area contributed by atoms with Gasteiger partial charge in [0.2, 0.25) is 0 Å². The molecule has 4 nitrogen and oxygen atoms in total. The van der Waals surface area contributed by atoms with Crippen molar-refractivity contribution >= 4 is 29.2 Å². The highest BCUT2D eigenvalue weighted by atomic mass is 19.2. The van der Waals surface area contributed by atoms with Gasteiger partial charge in [-0.3, -0.25) is 9.79 Å². The molecule has 0 unspecified atom stereocenters. The first kappa shape index (κ1) is 21.9. The van der Waals surface area contributed by atoms with Gasteiger partial charge in [0.05, 0.1) is 11.4 Å². The van der Waals surface area contributed by atoms with E-state index in [1.54, 1.807) is 11.0 Å². The lowest BCUT2D eigenvalue weighted by Crippen LogP contribution is -2.30. The zero-order valence-corrected chi connectivity index (χ0v) is 16.5. The van der Waals surface area contributed by atoms with E-state index in [4.69, 9.17) is 0 Å². The highest BCUT2D eigenvalue weighted by Gasteiger charge is 2.32. The number of fused-ring (bicyclic) bond motifs is 1. The maximum atomic E-state index is 13.3. The van der Waals surface area contributed by atoms with Gasteiger partial charge >= 0.3 is 0 Å². The second kappa shape index (κ2) is 10.8. The smallest absolute Gasteiger partial charge is 0.277 e. The van der Waals surface area contributed by atoms with Crippen LogP contribution < -0.4 is 4.90 Å². The van der Waals surface area contributed by atoms with E-state index in [0.29, 0.717) is 12.1 Å². The Kier molecular flexibility index (Phi) is 8.15. The van der Waals surface area contributed by atoms with Crippen LogP contribution in [0.25, 0.3) is 0 Å². The highest BCUT2D eigenvalue weighted by Crippen LogP contribution is 2.30. The third-order valence-corrected chi connectivity index (χ3v) is 3.96. The fraction of sp³-hybridized carbons (Fsp3) is 0.174. The predicted molar refractivity (Wildman–Crippen MR) is 115 cm³/mol. The van der Waals surface area contributed by atoms with Gasteiger partial charge in [-0.05, 0) is 31.5 Å². The Morgan fingerprint density at radius 3 is 2.52 bits per heavy atom. The fourth-order valence-corrected chi connectivity index (χ4v) is 2.63. The summed E-state index contributed by atoms with van der Waals surface area (Å²) in [4.78, 5) is 22.2. The molecule has 150 valence electrons. The Hall–Kier alpha value is -3.41. The monoisotopic (exact) mass is 395 g/mol. The van der Waals surface area contributed by atoms with Crippen molar-refractivity contribution in [3.05, 3.63) is 84.6 Å². The SMILES string of the molecule is C/C=C/CN1C(=O)C(=Nc2ccc(F)c(F)c2)c2ccccc21.C=CN=CCC. The van der Waals surface area contributed by atoms with Crippen LogP contribution in [0, 0.1) is 11.6 Å². The average Bonchev–Trinajstić information content (AvgIpc) is 2.99. The van der Waals surface area contributed by atoms with Crippen LogP contribution in [0.4, 0.5) is 20.2 Å². The molecule has 0 aliphatic carbocycles. The first-order valence-electron chi connectivity index (χ1n) is 9.22. The van der Waals surface area contributed by atoms with Crippen LogP contribution in [0.3, 0.4) is 0 Å². The Balaban J connectivity index is 0.000000438. The van der Waals surface area contributed by atoms with Gasteiger partial charge in [0.15, 0.2) is 11.6 Å². The van der Waals surface area contributed by atoms with E-state index in [1.807, 2.05) is 50.4 Å². The summed E-state index contributed by atoms with van der Waals surface area (Å²) in [6, 6.07) is 10.6. The van der Waals surface area contributed by atoms with Gasteiger partial charge in [-0.2, -0.15) is 0 Å². The fourth-order valence-electron chi connectivity index (χ4n) is 2.63. The van der Waals surface area contributed by atoms with Crippen LogP contribution in [0.1, 0.15) is 25.8 Å². The molecule has 0 spiro atoms. The van der Waals surface area contributed by atoms with E-state index >= 15 is 0 Å². The average molecular weight is 395 g/mol. The number of carbonyl (C=O) groups is 1. The van der Waals surface area contributed by atoms with Crippen LogP contribution in [0.2, 0.25) is 0 Å². The van der Waals surface area contributed by atoms with Crippen molar-refractivity contribution in [3.8, 4) is 0 Å². The molecule has 6 heteroatoms. The molecule has 0 atom stereocenters. The number of halogens is 2. The summed E-state index contributed by atoms with van der Waals surface area (Å²) in [6.07, 6.45) is 8.07. The van der Waals surface area contributed by atoms with E-state index in [1.165, 1.54) is 12.3 Å². The van der Waals surface area contributed by atoms with Crippen molar-refractivity contribution < 1.29 is 13.6 Å². The second-order valence-corrected chi connectivity index (χ2v) is 5.98. The molecule has 2 aromatic carbocycles. The molecule has 0 aromatic heterocycles. The zero-order chi connectivity index (χ0) is 21.2. The molecule has 0 saturated carbocycles. The first-order chi connectivity index (χ1) is 14.0. The van der Waals surface area contributed by atoms with Crippen LogP contribution in [0.15, 0.2) is 77.4 Å². The minimum Gasteiger partial charge on any atom is -0.303 e. The second-order valence-electron chi connectivity index (χ2n) is 5.98. The number of benzene rings is 2. The molecule has 0 N–H and O–H groups in total. The molecule has 1 amide bonds. The maximum Gasteiger partial charge on any atom is 0.277 e. The number of hydrogen-bond acceptors (Lipinski definition) is 3. The number of nitrogens with zero attached hydrogens (tertiary/aromatic N) is 3. The Labute approximate surface area is 169 Å². The van der Waals surface area contributed by atoms with Gasteiger partial charge in [0.1, 0.15) is 5.71 Å². The molecular formula is C23H23F2N3O. The van der Waals surface area contributed by atoms with Crippen LogP contribution in [-0.2, 0) is 4.79 Å². The molecule has 2 aromatic rings. The molecule has 0 saturated heterocycles. The largest absolute Gasteiger partial charge is 0.303 e. The minimum absolute atomic E-state index is 0.204. The van der Waals surface area contributed by atoms with Gasteiger partial charge in [0.25, 0.3) is 5.91 Å². The molecule has 1 aliphatic rings. The van der Waals surface area contributed by atoms with Crippen LogP contribution in [0.5, 0.6) is 0 Å². The van der Waals surface area contributed by atoms with Crippen molar-refractivity contribution in [3.63, 3.8) is 0 Å². The topological polar surface area (TPSA) is 45.0 Å². The van der Waals surface area contributed by atoms with E-state index in [0.717, 1.165) is 24.2 Å². The number of carbonyl (C=O) groups excluding carboxylic acids is 1. The number of aliphatic imine (C=N–C) groups is 2. The van der Waals surface area contributed by atoms with Crippen molar-refractivity contribution in [2.75, 3.05) is 11.4 Å². The van der Waals surface area contributed by atoms with E-state index < -0.39 is 11.6 Å². The number of amides is 1. The van der Waals surface area contributed by atoms with Gasteiger partial charge in [-0.25, -0.2) is 13.8 Å². The lowest BCUT2D eigenvalue weighted by atomic mass is 10.1. The van der Waals surface area contributed by atoms with Crippen molar-refractivity contribution in [2.45, 2.75) is 20.3 Å². The van der Waals surface area contributed by atoms with E-state index in [9.17, 15) is 13.6 Å². The Morgan fingerprint density at radius 1 is 1.14 bits per heavy atom. The van der Waals surface area contributed by atoms with Gasteiger partial charge in [-0.1, -0.05) is 43.9 Å². The summed E-state index contributed by atoms with van der Waals surface area (Å²) in [5, 5.41) is 0. The number of hydrogen-bond donors (Lipinski definition) is 0. The third kappa shape index (κ3) is 5.54. The van der Waals surface area contributed by atoms with Crippen LogP contribution in [-0.4, -0.2) is 24.4 Å². The summed E-state index contributed by atoms with van der Waals surface area (Å²) in [5.41, 5.74) is 1.88. The predicted octanol–water partition coefficient (Wildman–Crippen LogP) is 5.62. The maximum absolute atomic E-state index is 13.3. The van der Waals surface area contributed by atoms with Crippen molar-refractivity contribution in [1.82, 2.24) is 0 Å². The third-order valence-electron chi connectivity index (χ3n) is 3.96. The van der Waals surface area contributed by atoms with Crippen LogP contribution >= 0.6 is 0 Å². The Bertz CT molecular complexity index is 964. The number of allylic oxidation sites excluding steroid dienone is 1. The number of anilines is 1. The molecular weight excluding hydrogens is 372 g/mol. The molecule has 0 fully saturated rings. The van der Waals surface area contributed by atoms with Crippen molar-refractivity contribution in [2.24, 2.45) is 9.98 Å². The highest BCUT2D eigenvalue weighted by molar-refractivity contribution is 6.54. The van der Waals surface area contributed by atoms with Gasteiger partial charge in [0, 0.05) is 30.6 Å². The Morgan fingerprint density at radius 2 is 1.90 bits per heavy atom. The van der Waals surface area contributed by atoms with Gasteiger partial charge < -0.3 is 4.90 Å². The number of rotatable bonds is 5. The summed E-state index contributed by atoms with van der Waals surface area (Å²) in [7, 11) is 0. The molecule has 0 radical (unpaired) electrons. The lowest BCUT2D eigenvalue weighted by Gasteiger charge is -2.13. The summed E-state index contributed by atoms with van der Waals surface area (Å²) in [6.45, 7) is 7.75. The summed E-state index contributed by atoms with van der Waals surface area (Å²) < 4.78 is 26.4. The van der Waals surface area contributed by atoms with E-state index in [-0.39, 0.29) is 17.3 Å². The normalized spacial score (nSPS) is 14.4. The standard InChI is InChI=1S/C18H14F2N2O.C5H9N/c1-2-3-10-22-16-7-5-4-6-13(16)17(18(22)23)21-12-8-9-14(19)15(20)11-12;1-3-5-6-4-2/h2-9,11H,10H2,1H3;4-5H,2-3H2,1H3/b3-2+,21-17?;. The van der Waals surface area contributed by atoms with Gasteiger partial charge in [-0.15, -0.1) is 0 Å². The molecule has 3 rings (SSSR count). The quantitative estimate of drug-likeness (QED) is 0.479. The summed E-state index contributed by atoms with van der Waals surface area (Å²) in [5.74, 6) is -2.19. The molecule has 29 heavy (non-hydrogen) atoms. The summed E-state index contributed by atoms with van der Waals surface area (Å²) >= 11 is 0. The minimum atomic E-state index is -0.989. The number of para-hydroxylation sites is 1. The molecule has 1 heterocycles. The first-order valence-corrected chi connectivity index (χ1v) is 9.22. The zero-order valence-electron chi connectivity index (χ0n) is 16.5. The molecule has 0 bridgehead atoms. The lowest BCUT2D eigenvalue weighted by molar-refractivity contribution is -0.112.